The van der Waals surface area contributed by atoms with Crippen LogP contribution in [0.25, 0.3) is 0 Å². The Balaban J connectivity index is 1.80. The largest absolute Gasteiger partial charge is 0.497 e. The Morgan fingerprint density at radius 1 is 1.32 bits per heavy atom. The first-order valence-corrected chi connectivity index (χ1v) is 8.07. The lowest BCUT2D eigenvalue weighted by molar-refractivity contribution is 0.300. The molecule has 1 saturated carbocycles. The van der Waals surface area contributed by atoms with Crippen molar-refractivity contribution in [2.45, 2.75) is 38.8 Å². The molecule has 0 radical (unpaired) electrons. The summed E-state index contributed by atoms with van der Waals surface area (Å²) in [6.45, 7) is 5.21. The van der Waals surface area contributed by atoms with E-state index in [9.17, 15) is 0 Å². The number of amidine groups is 1. The molecule has 0 amide bonds. The lowest BCUT2D eigenvalue weighted by atomic mass is 10.0. The van der Waals surface area contributed by atoms with Crippen LogP contribution in [0.1, 0.15) is 38.3 Å². The number of nitrogens with zero attached hydrogens (tertiary/aromatic N) is 2. The van der Waals surface area contributed by atoms with Gasteiger partial charge in [-0.3, -0.25) is 4.99 Å². The van der Waals surface area contributed by atoms with Crippen LogP contribution in [0, 0.1) is 5.92 Å². The van der Waals surface area contributed by atoms with Crippen LogP contribution in [-0.2, 0) is 0 Å². The summed E-state index contributed by atoms with van der Waals surface area (Å²) in [5.74, 6) is 2.55. The average Bonchev–Trinajstić information content (AvgIpc) is 3.38. The van der Waals surface area contributed by atoms with Crippen LogP contribution in [0.2, 0.25) is 0 Å². The molecule has 3 rings (SSSR count). The van der Waals surface area contributed by atoms with Crippen molar-refractivity contribution in [3.63, 3.8) is 0 Å². The second-order valence-corrected chi connectivity index (χ2v) is 6.33. The van der Waals surface area contributed by atoms with E-state index in [2.05, 4.69) is 48.5 Å². The van der Waals surface area contributed by atoms with E-state index in [0.29, 0.717) is 12.0 Å². The van der Waals surface area contributed by atoms with Gasteiger partial charge in [0.2, 0.25) is 0 Å². The van der Waals surface area contributed by atoms with E-state index < -0.39 is 0 Å². The van der Waals surface area contributed by atoms with E-state index in [1.165, 1.54) is 18.4 Å². The topological polar surface area (TPSA) is 36.9 Å². The van der Waals surface area contributed by atoms with Gasteiger partial charge in [-0.05, 0) is 56.4 Å². The number of benzene rings is 1. The molecular formula is C18H25N3O. The highest BCUT2D eigenvalue weighted by molar-refractivity contribution is 5.93. The molecule has 1 heterocycles. The minimum Gasteiger partial charge on any atom is -0.497 e. The fraction of sp³-hybridized carbons (Fsp3) is 0.500. The normalized spacial score (nSPS) is 21.1. The number of aliphatic imine (C=N–C) groups is 1. The quantitative estimate of drug-likeness (QED) is 0.906. The highest BCUT2D eigenvalue weighted by Crippen LogP contribution is 2.44. The first-order valence-electron chi connectivity index (χ1n) is 8.07. The summed E-state index contributed by atoms with van der Waals surface area (Å²) in [5, 5.41) is 3.42. The van der Waals surface area contributed by atoms with Gasteiger partial charge in [0.15, 0.2) is 0 Å². The van der Waals surface area contributed by atoms with Crippen LogP contribution < -0.4 is 10.1 Å². The second-order valence-electron chi connectivity index (χ2n) is 6.33. The Morgan fingerprint density at radius 3 is 2.73 bits per heavy atom. The van der Waals surface area contributed by atoms with Crippen LogP contribution in [0.4, 0.5) is 0 Å². The number of methoxy groups -OCH3 is 1. The van der Waals surface area contributed by atoms with Crippen LogP contribution in [0.15, 0.2) is 41.5 Å². The summed E-state index contributed by atoms with van der Waals surface area (Å²) < 4.78 is 5.35. The maximum atomic E-state index is 5.35. The summed E-state index contributed by atoms with van der Waals surface area (Å²) in [5.41, 5.74) is 1.25. The minimum atomic E-state index is 0.229. The lowest BCUT2D eigenvalue weighted by Crippen LogP contribution is -2.41. The highest BCUT2D eigenvalue weighted by atomic mass is 16.5. The van der Waals surface area contributed by atoms with Gasteiger partial charge in [0.25, 0.3) is 0 Å². The van der Waals surface area contributed by atoms with Crippen LogP contribution in [-0.4, -0.2) is 30.6 Å². The molecule has 0 spiro atoms. The number of rotatable bonds is 5. The van der Waals surface area contributed by atoms with Crippen molar-refractivity contribution >= 4 is 5.84 Å². The van der Waals surface area contributed by atoms with Crippen LogP contribution in [0.5, 0.6) is 5.75 Å². The molecule has 4 nitrogen and oxygen atoms in total. The van der Waals surface area contributed by atoms with Gasteiger partial charge in [0, 0.05) is 12.2 Å². The molecule has 0 bridgehead atoms. The third kappa shape index (κ3) is 3.43. The van der Waals surface area contributed by atoms with Crippen molar-refractivity contribution in [2.75, 3.05) is 13.8 Å². The molecule has 1 N–H and O–H groups in total. The Kier molecular flexibility index (Phi) is 4.36. The van der Waals surface area contributed by atoms with Gasteiger partial charge in [0.1, 0.15) is 11.6 Å². The molecule has 0 saturated heterocycles. The molecule has 0 unspecified atom stereocenters. The van der Waals surface area contributed by atoms with Crippen molar-refractivity contribution in [3.8, 4) is 5.75 Å². The molecule has 1 aliphatic heterocycles. The fourth-order valence-corrected chi connectivity index (χ4v) is 2.73. The third-order valence-electron chi connectivity index (χ3n) is 4.31. The number of nitrogens with one attached hydrogen (secondary N) is 1. The number of ether oxygens (including phenoxy) is 1. The molecule has 2 aliphatic rings. The second kappa shape index (κ2) is 6.42. The van der Waals surface area contributed by atoms with Crippen LogP contribution in [0.3, 0.4) is 0 Å². The zero-order valence-corrected chi connectivity index (χ0v) is 13.6. The first-order chi connectivity index (χ1) is 10.7. The van der Waals surface area contributed by atoms with E-state index in [1.807, 2.05) is 12.1 Å². The number of hydrogen-bond acceptors (Lipinski definition) is 3. The summed E-state index contributed by atoms with van der Waals surface area (Å²) in [4.78, 5) is 7.23. The molecule has 22 heavy (non-hydrogen) atoms. The predicted molar refractivity (Wildman–Crippen MR) is 90.0 cm³/mol. The summed E-state index contributed by atoms with van der Waals surface area (Å²) >= 11 is 0. The van der Waals surface area contributed by atoms with Crippen molar-refractivity contribution in [1.82, 2.24) is 10.2 Å². The Hall–Kier alpha value is -1.97. The van der Waals surface area contributed by atoms with E-state index in [0.717, 1.165) is 18.3 Å². The zero-order valence-electron chi connectivity index (χ0n) is 13.6. The Bertz CT molecular complexity index is 575. The van der Waals surface area contributed by atoms with Gasteiger partial charge < -0.3 is 15.0 Å². The van der Waals surface area contributed by atoms with Crippen molar-refractivity contribution in [2.24, 2.45) is 10.9 Å². The predicted octanol–water partition coefficient (Wildman–Crippen LogP) is 3.33. The number of hydrogen-bond donors (Lipinski definition) is 1. The van der Waals surface area contributed by atoms with Gasteiger partial charge in [-0.15, -0.1) is 0 Å². The van der Waals surface area contributed by atoms with Crippen molar-refractivity contribution < 1.29 is 4.74 Å². The third-order valence-corrected chi connectivity index (χ3v) is 4.31. The maximum Gasteiger partial charge on any atom is 0.124 e. The molecule has 1 aromatic carbocycles. The minimum absolute atomic E-state index is 0.229. The smallest absolute Gasteiger partial charge is 0.124 e. The molecule has 1 aliphatic carbocycles. The Morgan fingerprint density at radius 2 is 2.14 bits per heavy atom. The van der Waals surface area contributed by atoms with Gasteiger partial charge in [-0.2, -0.15) is 0 Å². The lowest BCUT2D eigenvalue weighted by Gasteiger charge is -2.29. The summed E-state index contributed by atoms with van der Waals surface area (Å²) in [7, 11) is 1.71. The summed E-state index contributed by atoms with van der Waals surface area (Å²) in [6.07, 6.45) is 6.75. The monoisotopic (exact) mass is 299 g/mol. The molecule has 118 valence electrons. The van der Waals surface area contributed by atoms with E-state index in [1.54, 1.807) is 7.11 Å². The van der Waals surface area contributed by atoms with Gasteiger partial charge in [-0.25, -0.2) is 0 Å². The SMILES string of the molecule is COc1cccc([C@@H](N=C2C=CN(C(C)C)CN2)C2CC2)c1. The van der Waals surface area contributed by atoms with Gasteiger partial charge in [0.05, 0.1) is 19.8 Å². The van der Waals surface area contributed by atoms with Crippen LogP contribution >= 0.6 is 0 Å². The van der Waals surface area contributed by atoms with E-state index >= 15 is 0 Å². The molecule has 0 aromatic heterocycles. The standard InChI is InChI=1S/C18H25N3O/c1-13(2)21-10-9-17(19-12-21)20-18(14-7-8-14)15-5-4-6-16(11-15)22-3/h4-6,9-11,13-14,18H,7-8,12H2,1-3H3,(H,19,20)/t18-/m0/s1. The van der Waals surface area contributed by atoms with Crippen molar-refractivity contribution in [1.29, 1.82) is 0 Å². The fourth-order valence-electron chi connectivity index (χ4n) is 2.73. The Labute approximate surface area is 132 Å². The summed E-state index contributed by atoms with van der Waals surface area (Å²) in [6, 6.07) is 9.03. The van der Waals surface area contributed by atoms with Gasteiger partial charge >= 0.3 is 0 Å². The zero-order chi connectivity index (χ0) is 15.5. The molecule has 1 aromatic rings. The highest BCUT2D eigenvalue weighted by Gasteiger charge is 2.32. The molecule has 1 fully saturated rings. The molecule has 1 atom stereocenters. The van der Waals surface area contributed by atoms with E-state index in [-0.39, 0.29) is 6.04 Å². The molecule has 4 heteroatoms. The van der Waals surface area contributed by atoms with Crippen molar-refractivity contribution in [3.05, 3.63) is 42.1 Å². The molecular weight excluding hydrogens is 274 g/mol. The van der Waals surface area contributed by atoms with E-state index in [4.69, 9.17) is 9.73 Å². The first kappa shape index (κ1) is 14.9. The average molecular weight is 299 g/mol. The maximum absolute atomic E-state index is 5.35. The van der Waals surface area contributed by atoms with Gasteiger partial charge in [-0.1, -0.05) is 12.1 Å².